The maximum Gasteiger partial charge on any atom is 0.119 e. The van der Waals surface area contributed by atoms with E-state index in [1.165, 1.54) is 0 Å². The predicted octanol–water partition coefficient (Wildman–Crippen LogP) is 5.15. The van der Waals surface area contributed by atoms with E-state index < -0.39 is 0 Å². The minimum Gasteiger partial charge on any atom is -0.149 e. The molecule has 20 heavy (non-hydrogen) atoms. The Morgan fingerprint density at radius 1 is 1.00 bits per heavy atom. The van der Waals surface area contributed by atoms with Crippen LogP contribution in [0.15, 0.2) is 58.9 Å². The van der Waals surface area contributed by atoms with Crippen LogP contribution >= 0.6 is 34.7 Å². The molecule has 3 rings (SSSR count). The number of aromatic nitrogens is 2. The number of benzene rings is 1. The first kappa shape index (κ1) is 13.6. The van der Waals surface area contributed by atoms with Gasteiger partial charge in [0.05, 0.1) is 4.88 Å². The van der Waals surface area contributed by atoms with Crippen LogP contribution in [-0.2, 0) is 5.75 Å². The number of rotatable bonds is 4. The highest BCUT2D eigenvalue weighted by Gasteiger charge is 2.04. The Morgan fingerprint density at radius 3 is 2.60 bits per heavy atom. The van der Waals surface area contributed by atoms with Crippen LogP contribution in [0.4, 0.5) is 0 Å². The molecule has 0 fully saturated rings. The molecule has 2 nitrogen and oxygen atoms in total. The molecule has 2 aromatic heterocycles. The summed E-state index contributed by atoms with van der Waals surface area (Å²) in [6.07, 6.45) is 0. The van der Waals surface area contributed by atoms with E-state index in [1.54, 1.807) is 23.1 Å². The molecule has 0 N–H and O–H groups in total. The van der Waals surface area contributed by atoms with Crippen molar-refractivity contribution in [1.29, 1.82) is 0 Å². The highest BCUT2D eigenvalue weighted by molar-refractivity contribution is 7.98. The van der Waals surface area contributed by atoms with Gasteiger partial charge in [0, 0.05) is 10.8 Å². The number of thiophene rings is 1. The molecule has 0 aliphatic rings. The van der Waals surface area contributed by atoms with Crippen molar-refractivity contribution in [2.45, 2.75) is 10.8 Å². The smallest absolute Gasteiger partial charge is 0.119 e. The molecule has 5 heteroatoms. The van der Waals surface area contributed by atoms with Gasteiger partial charge >= 0.3 is 0 Å². The summed E-state index contributed by atoms with van der Waals surface area (Å²) in [6.45, 7) is 0. The standard InChI is InChI=1S/C15H11ClN2S2/c16-12-5-2-1-4-11(12)10-20-15-8-7-13(17-18-15)14-6-3-9-19-14/h1-9H,10H2. The zero-order valence-electron chi connectivity index (χ0n) is 10.5. The first-order valence-electron chi connectivity index (χ1n) is 6.07. The van der Waals surface area contributed by atoms with Gasteiger partial charge in [-0.1, -0.05) is 47.6 Å². The van der Waals surface area contributed by atoms with Crippen LogP contribution in [0.1, 0.15) is 5.56 Å². The fraction of sp³-hybridized carbons (Fsp3) is 0.0667. The van der Waals surface area contributed by atoms with E-state index in [0.717, 1.165) is 31.9 Å². The van der Waals surface area contributed by atoms with E-state index in [1.807, 2.05) is 53.9 Å². The largest absolute Gasteiger partial charge is 0.149 e. The third-order valence-corrected chi connectivity index (χ3v) is 4.98. The van der Waals surface area contributed by atoms with Crippen molar-refractivity contribution in [3.8, 4) is 10.6 Å². The second kappa shape index (κ2) is 6.39. The number of hydrogen-bond acceptors (Lipinski definition) is 4. The van der Waals surface area contributed by atoms with Crippen molar-refractivity contribution in [2.24, 2.45) is 0 Å². The fourth-order valence-corrected chi connectivity index (χ4v) is 3.51. The molecule has 0 atom stereocenters. The van der Waals surface area contributed by atoms with Crippen molar-refractivity contribution in [1.82, 2.24) is 10.2 Å². The van der Waals surface area contributed by atoms with Crippen molar-refractivity contribution >= 4 is 34.7 Å². The molecule has 0 unspecified atom stereocenters. The van der Waals surface area contributed by atoms with Gasteiger partial charge in [0.2, 0.25) is 0 Å². The van der Waals surface area contributed by atoms with Crippen LogP contribution in [-0.4, -0.2) is 10.2 Å². The minimum atomic E-state index is 0.795. The van der Waals surface area contributed by atoms with Crippen LogP contribution in [0.3, 0.4) is 0 Å². The zero-order valence-corrected chi connectivity index (χ0v) is 12.9. The summed E-state index contributed by atoms with van der Waals surface area (Å²) in [5, 5.41) is 12.3. The van der Waals surface area contributed by atoms with Gasteiger partial charge < -0.3 is 0 Å². The molecular weight excluding hydrogens is 308 g/mol. The van der Waals surface area contributed by atoms with Crippen LogP contribution < -0.4 is 0 Å². The highest BCUT2D eigenvalue weighted by atomic mass is 35.5. The van der Waals surface area contributed by atoms with E-state index in [9.17, 15) is 0 Å². The Morgan fingerprint density at radius 2 is 1.90 bits per heavy atom. The molecule has 0 radical (unpaired) electrons. The van der Waals surface area contributed by atoms with Gasteiger partial charge in [-0.05, 0) is 35.2 Å². The molecule has 100 valence electrons. The molecular formula is C15H11ClN2S2. The van der Waals surface area contributed by atoms with Gasteiger partial charge in [0.15, 0.2) is 0 Å². The third kappa shape index (κ3) is 3.20. The lowest BCUT2D eigenvalue weighted by molar-refractivity contribution is 0.937. The van der Waals surface area contributed by atoms with Crippen LogP contribution in [0.5, 0.6) is 0 Å². The molecule has 3 aromatic rings. The lowest BCUT2D eigenvalue weighted by Gasteiger charge is -2.03. The molecule has 0 spiro atoms. The molecule has 0 bridgehead atoms. The maximum absolute atomic E-state index is 6.14. The Bertz CT molecular complexity index is 681. The van der Waals surface area contributed by atoms with Gasteiger partial charge in [-0.2, -0.15) is 0 Å². The highest BCUT2D eigenvalue weighted by Crippen LogP contribution is 2.27. The summed E-state index contributed by atoms with van der Waals surface area (Å²) in [7, 11) is 0. The minimum absolute atomic E-state index is 0.795. The Hall–Kier alpha value is -1.36. The van der Waals surface area contributed by atoms with E-state index in [2.05, 4.69) is 10.2 Å². The molecule has 1 aromatic carbocycles. The quantitative estimate of drug-likeness (QED) is 0.622. The van der Waals surface area contributed by atoms with Crippen LogP contribution in [0, 0.1) is 0 Å². The molecule has 2 heterocycles. The lowest BCUT2D eigenvalue weighted by Crippen LogP contribution is -1.89. The maximum atomic E-state index is 6.14. The van der Waals surface area contributed by atoms with Crippen molar-refractivity contribution in [3.63, 3.8) is 0 Å². The normalized spacial score (nSPS) is 10.7. The van der Waals surface area contributed by atoms with Crippen LogP contribution in [0.2, 0.25) is 5.02 Å². The van der Waals surface area contributed by atoms with Gasteiger partial charge in [-0.15, -0.1) is 21.5 Å². The zero-order chi connectivity index (χ0) is 13.8. The molecule has 0 aliphatic carbocycles. The van der Waals surface area contributed by atoms with Gasteiger partial charge in [0.25, 0.3) is 0 Å². The van der Waals surface area contributed by atoms with Crippen LogP contribution in [0.25, 0.3) is 10.6 Å². The second-order valence-electron chi connectivity index (χ2n) is 4.11. The summed E-state index contributed by atoms with van der Waals surface area (Å²) in [5.74, 6) is 0.798. The predicted molar refractivity (Wildman–Crippen MR) is 86.4 cm³/mol. The molecule has 0 saturated heterocycles. The fourth-order valence-electron chi connectivity index (χ4n) is 1.72. The first-order valence-corrected chi connectivity index (χ1v) is 8.31. The average molecular weight is 319 g/mol. The molecule has 0 aliphatic heterocycles. The Balaban J connectivity index is 1.68. The molecule has 0 saturated carbocycles. The SMILES string of the molecule is Clc1ccccc1CSc1ccc(-c2cccs2)nn1. The average Bonchev–Trinajstić information content (AvgIpc) is 3.01. The summed E-state index contributed by atoms with van der Waals surface area (Å²) in [4.78, 5) is 1.14. The molecule has 0 amide bonds. The number of thioether (sulfide) groups is 1. The Labute approximate surface area is 130 Å². The lowest BCUT2D eigenvalue weighted by atomic mass is 10.2. The summed E-state index contributed by atoms with van der Waals surface area (Å²) < 4.78 is 0. The van der Waals surface area contributed by atoms with E-state index in [4.69, 9.17) is 11.6 Å². The summed E-state index contributed by atoms with van der Waals surface area (Å²) >= 11 is 9.44. The number of nitrogens with zero attached hydrogens (tertiary/aromatic N) is 2. The number of halogens is 1. The second-order valence-corrected chi connectivity index (χ2v) is 6.46. The summed E-state index contributed by atoms with van der Waals surface area (Å²) in [5.41, 5.74) is 2.03. The Kier molecular flexibility index (Phi) is 4.35. The van der Waals surface area contributed by atoms with Crippen molar-refractivity contribution in [3.05, 3.63) is 64.5 Å². The van der Waals surface area contributed by atoms with Crippen molar-refractivity contribution < 1.29 is 0 Å². The van der Waals surface area contributed by atoms with E-state index in [-0.39, 0.29) is 0 Å². The van der Waals surface area contributed by atoms with Gasteiger partial charge in [-0.25, -0.2) is 0 Å². The van der Waals surface area contributed by atoms with Gasteiger partial charge in [0.1, 0.15) is 10.7 Å². The topological polar surface area (TPSA) is 25.8 Å². The van der Waals surface area contributed by atoms with E-state index >= 15 is 0 Å². The van der Waals surface area contributed by atoms with E-state index in [0.29, 0.717) is 0 Å². The van der Waals surface area contributed by atoms with Gasteiger partial charge in [-0.3, -0.25) is 0 Å². The first-order chi connectivity index (χ1) is 9.83. The monoisotopic (exact) mass is 318 g/mol. The van der Waals surface area contributed by atoms with Crippen molar-refractivity contribution in [2.75, 3.05) is 0 Å². The summed E-state index contributed by atoms with van der Waals surface area (Å²) in [6, 6.07) is 15.9. The third-order valence-electron chi connectivity index (χ3n) is 2.75. The number of hydrogen-bond donors (Lipinski definition) is 0.